The zero-order valence-electron chi connectivity index (χ0n) is 12.2. The first-order chi connectivity index (χ1) is 9.58. The van der Waals surface area contributed by atoms with E-state index in [-0.39, 0.29) is 24.5 Å². The minimum atomic E-state index is -0.00900. The van der Waals surface area contributed by atoms with E-state index in [1.165, 1.54) is 0 Å². The Balaban J connectivity index is 2.57. The van der Waals surface area contributed by atoms with Crippen molar-refractivity contribution in [2.45, 2.75) is 45.6 Å². The summed E-state index contributed by atoms with van der Waals surface area (Å²) in [6.07, 6.45) is 3.10. The fourth-order valence-electron chi connectivity index (χ4n) is 2.18. The number of aliphatic hydroxyl groups is 1. The Morgan fingerprint density at radius 2 is 2.10 bits per heavy atom. The highest BCUT2D eigenvalue weighted by Crippen LogP contribution is 2.21. The molecular formula is C16H24BrNO2. The molecule has 3 nitrogen and oxygen atoms in total. The largest absolute Gasteiger partial charge is 0.396 e. The van der Waals surface area contributed by atoms with Crippen molar-refractivity contribution in [2.24, 2.45) is 5.92 Å². The fourth-order valence-corrected chi connectivity index (χ4v) is 2.63. The molecule has 1 aromatic rings. The molecule has 2 N–H and O–H groups in total. The van der Waals surface area contributed by atoms with Gasteiger partial charge in [-0.25, -0.2) is 0 Å². The second-order valence-corrected chi connectivity index (χ2v) is 6.03. The highest BCUT2D eigenvalue weighted by molar-refractivity contribution is 9.10. The van der Waals surface area contributed by atoms with Crippen LogP contribution in [-0.2, 0) is 11.2 Å². The van der Waals surface area contributed by atoms with Gasteiger partial charge in [-0.1, -0.05) is 41.1 Å². The molecular weight excluding hydrogens is 318 g/mol. The number of carbonyl (C=O) groups excluding carboxylic acids is 1. The van der Waals surface area contributed by atoms with Crippen LogP contribution in [0, 0.1) is 5.92 Å². The molecule has 20 heavy (non-hydrogen) atoms. The number of halogens is 1. The third kappa shape index (κ3) is 5.63. The van der Waals surface area contributed by atoms with Crippen molar-refractivity contribution >= 4 is 21.8 Å². The van der Waals surface area contributed by atoms with Crippen molar-refractivity contribution < 1.29 is 9.90 Å². The van der Waals surface area contributed by atoms with E-state index in [1.807, 2.05) is 32.0 Å². The van der Waals surface area contributed by atoms with Crippen LogP contribution < -0.4 is 5.32 Å². The van der Waals surface area contributed by atoms with Gasteiger partial charge in [-0.2, -0.15) is 0 Å². The number of amides is 1. The zero-order chi connectivity index (χ0) is 15.0. The minimum absolute atomic E-state index is 0.00900. The summed E-state index contributed by atoms with van der Waals surface area (Å²) in [6, 6.07) is 8.14. The first kappa shape index (κ1) is 17.2. The molecule has 0 bridgehead atoms. The predicted molar refractivity (Wildman–Crippen MR) is 85.6 cm³/mol. The molecule has 1 aromatic carbocycles. The van der Waals surface area contributed by atoms with Gasteiger partial charge >= 0.3 is 0 Å². The summed E-state index contributed by atoms with van der Waals surface area (Å²) in [5.74, 6) is 0.0963. The Morgan fingerprint density at radius 1 is 1.40 bits per heavy atom. The van der Waals surface area contributed by atoms with E-state index < -0.39 is 0 Å². The molecule has 0 saturated carbocycles. The van der Waals surface area contributed by atoms with Gasteiger partial charge in [-0.05, 0) is 44.2 Å². The van der Waals surface area contributed by atoms with Crippen molar-refractivity contribution in [3.63, 3.8) is 0 Å². The monoisotopic (exact) mass is 341 g/mol. The lowest BCUT2D eigenvalue weighted by atomic mass is 9.95. The maximum atomic E-state index is 12.3. The second kappa shape index (κ2) is 9.14. The number of hydrogen-bond acceptors (Lipinski definition) is 2. The van der Waals surface area contributed by atoms with Crippen LogP contribution in [0.1, 0.15) is 38.7 Å². The Kier molecular flexibility index (Phi) is 7.85. The molecule has 1 rings (SSSR count). The van der Waals surface area contributed by atoms with Gasteiger partial charge in [-0.15, -0.1) is 0 Å². The van der Waals surface area contributed by atoms with E-state index >= 15 is 0 Å². The van der Waals surface area contributed by atoms with Crippen LogP contribution in [0.5, 0.6) is 0 Å². The summed E-state index contributed by atoms with van der Waals surface area (Å²) in [5.41, 5.74) is 1.16. The van der Waals surface area contributed by atoms with Gasteiger partial charge in [0.1, 0.15) is 0 Å². The van der Waals surface area contributed by atoms with Crippen molar-refractivity contribution in [3.05, 3.63) is 34.3 Å². The molecule has 0 aromatic heterocycles. The van der Waals surface area contributed by atoms with Gasteiger partial charge in [0, 0.05) is 23.0 Å². The van der Waals surface area contributed by atoms with Crippen LogP contribution in [-0.4, -0.2) is 23.7 Å². The first-order valence-corrected chi connectivity index (χ1v) is 8.02. The molecule has 0 aliphatic heterocycles. The summed E-state index contributed by atoms with van der Waals surface area (Å²) < 4.78 is 1.06. The van der Waals surface area contributed by atoms with E-state index in [1.54, 1.807) is 0 Å². The van der Waals surface area contributed by atoms with E-state index in [4.69, 9.17) is 5.11 Å². The van der Waals surface area contributed by atoms with E-state index in [0.717, 1.165) is 35.7 Å². The molecule has 0 aliphatic rings. The summed E-state index contributed by atoms with van der Waals surface area (Å²) in [7, 11) is 0. The van der Waals surface area contributed by atoms with Crippen LogP contribution in [0.4, 0.5) is 0 Å². The Hall–Kier alpha value is -0.870. The number of benzene rings is 1. The molecule has 0 saturated heterocycles. The molecule has 0 aliphatic carbocycles. The molecule has 0 radical (unpaired) electrons. The number of hydrogen-bond donors (Lipinski definition) is 2. The summed E-state index contributed by atoms with van der Waals surface area (Å²) in [5, 5.41) is 11.9. The smallest absolute Gasteiger partial charge is 0.223 e. The van der Waals surface area contributed by atoms with Crippen LogP contribution in [0.3, 0.4) is 0 Å². The maximum absolute atomic E-state index is 12.3. The van der Waals surface area contributed by atoms with Gasteiger partial charge in [0.25, 0.3) is 0 Å². The zero-order valence-corrected chi connectivity index (χ0v) is 13.8. The van der Waals surface area contributed by atoms with E-state index in [0.29, 0.717) is 0 Å². The van der Waals surface area contributed by atoms with Crippen LogP contribution in [0.2, 0.25) is 0 Å². The molecule has 0 spiro atoms. The number of aliphatic hydroxyl groups excluding tert-OH is 1. The number of rotatable bonds is 8. The molecule has 2 atom stereocenters. The maximum Gasteiger partial charge on any atom is 0.223 e. The molecule has 1 amide bonds. The van der Waals surface area contributed by atoms with Crippen LogP contribution >= 0.6 is 15.9 Å². The first-order valence-electron chi connectivity index (χ1n) is 7.23. The number of nitrogens with one attached hydrogen (secondary N) is 1. The topological polar surface area (TPSA) is 49.3 Å². The van der Waals surface area contributed by atoms with E-state index in [2.05, 4.69) is 27.3 Å². The highest BCUT2D eigenvalue weighted by Gasteiger charge is 2.19. The third-order valence-corrected chi connectivity index (χ3v) is 4.25. The second-order valence-electron chi connectivity index (χ2n) is 5.18. The summed E-state index contributed by atoms with van der Waals surface area (Å²) >= 11 is 3.53. The SMILES string of the molecule is CCC(Cc1ccccc1Br)C(=O)NC(C)CCCO. The van der Waals surface area contributed by atoms with Crippen molar-refractivity contribution in [1.29, 1.82) is 0 Å². The van der Waals surface area contributed by atoms with E-state index in [9.17, 15) is 4.79 Å². The molecule has 112 valence electrons. The minimum Gasteiger partial charge on any atom is -0.396 e. The Morgan fingerprint density at radius 3 is 2.70 bits per heavy atom. The fraction of sp³-hybridized carbons (Fsp3) is 0.562. The quantitative estimate of drug-likeness (QED) is 0.762. The van der Waals surface area contributed by atoms with Crippen molar-refractivity contribution in [3.8, 4) is 0 Å². The lowest BCUT2D eigenvalue weighted by molar-refractivity contribution is -0.125. The van der Waals surface area contributed by atoms with Crippen LogP contribution in [0.25, 0.3) is 0 Å². The van der Waals surface area contributed by atoms with Gasteiger partial charge < -0.3 is 10.4 Å². The standard InChI is InChI=1S/C16H24BrNO2/c1-3-13(11-14-8-4-5-9-15(14)17)16(20)18-12(2)7-6-10-19/h4-5,8-9,12-13,19H,3,6-7,10-11H2,1-2H3,(H,18,20). The summed E-state index contributed by atoms with van der Waals surface area (Å²) in [4.78, 5) is 12.3. The predicted octanol–water partition coefficient (Wildman–Crippen LogP) is 3.30. The molecule has 0 fully saturated rings. The van der Waals surface area contributed by atoms with Gasteiger partial charge in [0.05, 0.1) is 0 Å². The lowest BCUT2D eigenvalue weighted by Crippen LogP contribution is -2.38. The normalized spacial score (nSPS) is 13.8. The van der Waals surface area contributed by atoms with Gasteiger partial charge in [0.15, 0.2) is 0 Å². The van der Waals surface area contributed by atoms with Gasteiger partial charge in [-0.3, -0.25) is 4.79 Å². The molecule has 0 heterocycles. The summed E-state index contributed by atoms with van der Waals surface area (Å²) in [6.45, 7) is 4.20. The average Bonchev–Trinajstić information content (AvgIpc) is 2.44. The van der Waals surface area contributed by atoms with Crippen LogP contribution in [0.15, 0.2) is 28.7 Å². The third-order valence-electron chi connectivity index (χ3n) is 3.47. The van der Waals surface area contributed by atoms with Gasteiger partial charge in [0.2, 0.25) is 5.91 Å². The Labute approximate surface area is 129 Å². The Bertz CT molecular complexity index is 423. The highest BCUT2D eigenvalue weighted by atomic mass is 79.9. The lowest BCUT2D eigenvalue weighted by Gasteiger charge is -2.19. The molecule has 2 unspecified atom stereocenters. The van der Waals surface area contributed by atoms with Crippen molar-refractivity contribution in [1.82, 2.24) is 5.32 Å². The molecule has 4 heteroatoms. The van der Waals surface area contributed by atoms with Crippen molar-refractivity contribution in [2.75, 3.05) is 6.61 Å². The number of carbonyl (C=O) groups is 1. The average molecular weight is 342 g/mol.